The van der Waals surface area contributed by atoms with Crippen LogP contribution in [0.2, 0.25) is 0 Å². The number of amides is 2. The Balaban J connectivity index is 1.30. The van der Waals surface area contributed by atoms with Gasteiger partial charge in [0.1, 0.15) is 23.2 Å². The van der Waals surface area contributed by atoms with E-state index in [9.17, 15) is 19.2 Å². The Morgan fingerprint density at radius 3 is 2.07 bits per heavy atom. The van der Waals surface area contributed by atoms with Crippen molar-refractivity contribution >= 4 is 46.9 Å². The summed E-state index contributed by atoms with van der Waals surface area (Å²) in [7, 11) is 0. The topological polar surface area (TPSA) is 102 Å². The lowest BCUT2D eigenvalue weighted by molar-refractivity contribution is -0.154. The first-order valence-corrected chi connectivity index (χ1v) is 16.4. The van der Waals surface area contributed by atoms with Gasteiger partial charge in [0.15, 0.2) is 6.10 Å². The van der Waals surface area contributed by atoms with Crippen molar-refractivity contribution in [2.45, 2.75) is 37.0 Å². The minimum absolute atomic E-state index is 0.0396. The minimum atomic E-state index is -0.833. The first-order valence-electron chi connectivity index (χ1n) is 14.5. The number of fused-ring (bicyclic) bond motifs is 1. The van der Waals surface area contributed by atoms with E-state index in [1.165, 1.54) is 28.0 Å². The molecule has 2 amide bonds. The third kappa shape index (κ3) is 6.57. The van der Waals surface area contributed by atoms with Gasteiger partial charge in [-0.25, -0.2) is 9.59 Å². The molecule has 1 saturated heterocycles. The number of thioether (sulfide) groups is 1. The SMILES string of the molecule is CC(OC(=O)c1ccccc1)C1=C(C(=O)OC(c2ccccc2)c2ccccc2)N2C(=O)[C@@H](NC(=O)Cc3cccs3)[C@@H]2SC1. The van der Waals surface area contributed by atoms with Crippen LogP contribution in [0.1, 0.15) is 39.4 Å². The maximum atomic E-state index is 14.2. The summed E-state index contributed by atoms with van der Waals surface area (Å²) < 4.78 is 12.0. The van der Waals surface area contributed by atoms with E-state index in [1.807, 2.05) is 78.2 Å². The number of carbonyl (C=O) groups is 4. The number of β-lactam (4-membered cyclic amide) rings is 1. The summed E-state index contributed by atoms with van der Waals surface area (Å²) in [4.78, 5) is 55.8. The van der Waals surface area contributed by atoms with Crippen molar-refractivity contribution in [3.05, 3.63) is 141 Å². The second-order valence-electron chi connectivity index (χ2n) is 10.6. The van der Waals surface area contributed by atoms with Gasteiger partial charge in [0.25, 0.3) is 5.91 Å². The molecule has 6 rings (SSSR count). The summed E-state index contributed by atoms with van der Waals surface area (Å²) in [6.45, 7) is 1.68. The molecule has 0 saturated carbocycles. The Morgan fingerprint density at radius 2 is 1.47 bits per heavy atom. The standard InChI is InChI=1S/C35H30N2O6S2/c1-22(42-34(40)25-16-9-4-10-17-25)27-21-45-33-29(36-28(38)20-26-18-11-19-44-26)32(39)37(33)30(27)35(41)43-31(23-12-5-2-6-13-23)24-14-7-3-8-15-24/h2-19,22,29,31,33H,20-21H2,1H3,(H,36,38)/t22?,29-,33+/m1/s1. The third-order valence-corrected chi connectivity index (χ3v) is 9.81. The molecule has 1 N–H and O–H groups in total. The van der Waals surface area contributed by atoms with Gasteiger partial charge in [-0.15, -0.1) is 23.1 Å². The largest absolute Gasteiger partial charge is 0.454 e. The molecule has 2 aliphatic heterocycles. The zero-order valence-corrected chi connectivity index (χ0v) is 26.0. The van der Waals surface area contributed by atoms with Crippen LogP contribution in [0.15, 0.2) is 120 Å². The fraction of sp³-hybridized carbons (Fsp3) is 0.200. The molecular weight excluding hydrogens is 609 g/mol. The summed E-state index contributed by atoms with van der Waals surface area (Å²) in [5, 5.41) is 4.23. The Morgan fingerprint density at radius 1 is 0.844 bits per heavy atom. The molecule has 2 aliphatic rings. The van der Waals surface area contributed by atoms with E-state index in [0.29, 0.717) is 16.9 Å². The van der Waals surface area contributed by atoms with Crippen LogP contribution in [-0.4, -0.2) is 51.9 Å². The normalized spacial score (nSPS) is 18.1. The van der Waals surface area contributed by atoms with E-state index in [4.69, 9.17) is 9.47 Å². The highest BCUT2D eigenvalue weighted by Gasteiger charge is 2.55. The molecule has 4 aromatic rings. The van der Waals surface area contributed by atoms with E-state index in [-0.39, 0.29) is 18.0 Å². The molecule has 8 nitrogen and oxygen atoms in total. The second kappa shape index (κ2) is 13.5. The molecular formula is C35H30N2O6S2. The van der Waals surface area contributed by atoms with E-state index in [0.717, 1.165) is 16.0 Å². The number of hydrogen-bond acceptors (Lipinski definition) is 8. The van der Waals surface area contributed by atoms with E-state index < -0.39 is 41.5 Å². The monoisotopic (exact) mass is 638 g/mol. The van der Waals surface area contributed by atoms with Crippen molar-refractivity contribution in [2.24, 2.45) is 0 Å². The fourth-order valence-corrected chi connectivity index (χ4v) is 7.52. The quantitative estimate of drug-likeness (QED) is 0.180. The molecule has 0 bridgehead atoms. The molecule has 0 aliphatic carbocycles. The molecule has 228 valence electrons. The Hall–Kier alpha value is -4.67. The van der Waals surface area contributed by atoms with Gasteiger partial charge in [-0.3, -0.25) is 14.5 Å². The zero-order valence-electron chi connectivity index (χ0n) is 24.3. The first kappa shape index (κ1) is 30.4. The number of carbonyl (C=O) groups excluding carboxylic acids is 4. The number of nitrogens with zero attached hydrogens (tertiary/aromatic N) is 1. The Labute approximate surface area is 269 Å². The van der Waals surface area contributed by atoms with Crippen molar-refractivity contribution in [3.63, 3.8) is 0 Å². The van der Waals surface area contributed by atoms with Crippen LogP contribution in [0.4, 0.5) is 0 Å². The minimum Gasteiger partial charge on any atom is -0.454 e. The molecule has 1 unspecified atom stereocenters. The average molecular weight is 639 g/mol. The molecule has 0 spiro atoms. The second-order valence-corrected chi connectivity index (χ2v) is 12.7. The predicted octanol–water partition coefficient (Wildman–Crippen LogP) is 5.52. The number of esters is 2. The molecule has 3 heterocycles. The van der Waals surface area contributed by atoms with Crippen molar-refractivity contribution in [3.8, 4) is 0 Å². The van der Waals surface area contributed by atoms with Crippen molar-refractivity contribution < 1.29 is 28.7 Å². The molecule has 1 fully saturated rings. The van der Waals surface area contributed by atoms with E-state index in [1.54, 1.807) is 37.3 Å². The first-order chi connectivity index (χ1) is 21.9. The molecule has 3 aromatic carbocycles. The van der Waals surface area contributed by atoms with Crippen molar-refractivity contribution in [1.29, 1.82) is 0 Å². The fourth-order valence-electron chi connectivity index (χ4n) is 5.36. The van der Waals surface area contributed by atoms with Crippen LogP contribution in [0, 0.1) is 0 Å². The van der Waals surface area contributed by atoms with Crippen LogP contribution in [0.5, 0.6) is 0 Å². The average Bonchev–Trinajstić information content (AvgIpc) is 3.59. The van der Waals surface area contributed by atoms with Gasteiger partial charge in [-0.1, -0.05) is 84.9 Å². The van der Waals surface area contributed by atoms with Crippen molar-refractivity contribution in [2.75, 3.05) is 5.75 Å². The maximum absolute atomic E-state index is 14.2. The predicted molar refractivity (Wildman–Crippen MR) is 172 cm³/mol. The number of ether oxygens (including phenoxy) is 2. The van der Waals surface area contributed by atoms with Gasteiger partial charge in [0.2, 0.25) is 5.91 Å². The lowest BCUT2D eigenvalue weighted by Crippen LogP contribution is -2.71. The number of hydrogen-bond donors (Lipinski definition) is 1. The van der Waals surface area contributed by atoms with Crippen LogP contribution in [0.3, 0.4) is 0 Å². The van der Waals surface area contributed by atoms with Gasteiger partial charge < -0.3 is 14.8 Å². The summed E-state index contributed by atoms with van der Waals surface area (Å²) >= 11 is 2.87. The zero-order chi connectivity index (χ0) is 31.3. The maximum Gasteiger partial charge on any atom is 0.356 e. The number of rotatable bonds is 10. The van der Waals surface area contributed by atoms with Gasteiger partial charge in [0.05, 0.1) is 12.0 Å². The molecule has 45 heavy (non-hydrogen) atoms. The summed E-state index contributed by atoms with van der Waals surface area (Å²) in [5.74, 6) is -1.66. The number of nitrogens with one attached hydrogen (secondary N) is 1. The number of benzene rings is 3. The summed E-state index contributed by atoms with van der Waals surface area (Å²) in [5.41, 5.74) is 2.40. The van der Waals surface area contributed by atoms with Crippen LogP contribution >= 0.6 is 23.1 Å². The van der Waals surface area contributed by atoms with Gasteiger partial charge in [0, 0.05) is 16.2 Å². The van der Waals surface area contributed by atoms with Crippen LogP contribution in [-0.2, 0) is 30.3 Å². The Bertz CT molecular complexity index is 1670. The highest BCUT2D eigenvalue weighted by Crippen LogP contribution is 2.43. The van der Waals surface area contributed by atoms with Gasteiger partial charge in [-0.2, -0.15) is 0 Å². The van der Waals surface area contributed by atoms with Crippen molar-refractivity contribution in [1.82, 2.24) is 10.2 Å². The molecule has 10 heteroatoms. The smallest absolute Gasteiger partial charge is 0.356 e. The lowest BCUT2D eigenvalue weighted by Gasteiger charge is -2.50. The van der Waals surface area contributed by atoms with Gasteiger partial charge >= 0.3 is 11.9 Å². The van der Waals surface area contributed by atoms with Gasteiger partial charge in [-0.05, 0) is 41.6 Å². The highest BCUT2D eigenvalue weighted by atomic mass is 32.2. The Kier molecular flexibility index (Phi) is 9.13. The van der Waals surface area contributed by atoms with E-state index >= 15 is 0 Å². The molecule has 3 atom stereocenters. The highest BCUT2D eigenvalue weighted by molar-refractivity contribution is 8.00. The number of thiophene rings is 1. The lowest BCUT2D eigenvalue weighted by atomic mass is 9.99. The summed E-state index contributed by atoms with van der Waals surface area (Å²) in [6.07, 6.45) is -1.42. The summed E-state index contributed by atoms with van der Waals surface area (Å²) in [6, 6.07) is 30.2. The van der Waals surface area contributed by atoms with Crippen LogP contribution < -0.4 is 5.32 Å². The molecule has 1 aromatic heterocycles. The van der Waals surface area contributed by atoms with E-state index in [2.05, 4.69) is 5.32 Å². The van der Waals surface area contributed by atoms with Crippen LogP contribution in [0.25, 0.3) is 0 Å². The third-order valence-electron chi connectivity index (χ3n) is 7.64. The molecule has 0 radical (unpaired) electrons.